The number of aryl methyl sites for hydroxylation is 1. The number of para-hydroxylation sites is 2. The lowest BCUT2D eigenvalue weighted by atomic mass is 9.80. The van der Waals surface area contributed by atoms with E-state index < -0.39 is 0 Å². The van der Waals surface area contributed by atoms with Crippen LogP contribution in [0.15, 0.2) is 211 Å². The van der Waals surface area contributed by atoms with Gasteiger partial charge in [0.1, 0.15) is 11.2 Å². The molecule has 9 aromatic carbocycles. The minimum absolute atomic E-state index is 0.178. The van der Waals surface area contributed by atoms with Crippen molar-refractivity contribution < 1.29 is 4.42 Å². The second-order valence-electron chi connectivity index (χ2n) is 15.9. The van der Waals surface area contributed by atoms with Crippen molar-refractivity contribution in [3.05, 3.63) is 223 Å². The number of fused-ring (bicyclic) bond motifs is 9. The highest BCUT2D eigenvalue weighted by Gasteiger charge is 2.31. The van der Waals surface area contributed by atoms with Crippen LogP contribution < -0.4 is 4.90 Å². The maximum Gasteiger partial charge on any atom is 0.136 e. The Morgan fingerprint density at radius 3 is 1.90 bits per heavy atom. The Labute approximate surface area is 353 Å². The van der Waals surface area contributed by atoms with Crippen molar-refractivity contribution >= 4 is 70.5 Å². The SMILES string of the molecule is c1ccc(-c2cccc3c2-c2c(cc4oc5ccccc5c4c2-c2ccccc2)CC[C@@H]3c2ccc(N(c3ccccc3)c3ccc4c(c3)sc3ccccc34)cc2)cc1. The maximum atomic E-state index is 6.68. The van der Waals surface area contributed by atoms with Crippen LogP contribution in [0.3, 0.4) is 0 Å². The Balaban J connectivity index is 1.04. The number of hydrogen-bond donors (Lipinski definition) is 0. The monoisotopic (exact) mass is 785 g/mol. The van der Waals surface area contributed by atoms with Crippen LogP contribution in [-0.4, -0.2) is 0 Å². The molecule has 11 aromatic rings. The molecule has 0 fully saturated rings. The van der Waals surface area contributed by atoms with E-state index in [1.807, 2.05) is 11.3 Å². The molecular weight excluding hydrogens is 747 g/mol. The Bertz CT molecular complexity index is 3360. The highest BCUT2D eigenvalue weighted by atomic mass is 32.1. The van der Waals surface area contributed by atoms with Gasteiger partial charge in [0, 0.05) is 59.5 Å². The third kappa shape index (κ3) is 5.69. The molecule has 0 saturated heterocycles. The molecule has 0 amide bonds. The van der Waals surface area contributed by atoms with Crippen molar-refractivity contribution in [3.8, 4) is 33.4 Å². The summed E-state index contributed by atoms with van der Waals surface area (Å²) in [5.74, 6) is 0.178. The third-order valence-electron chi connectivity index (χ3n) is 12.5. The number of benzene rings is 9. The van der Waals surface area contributed by atoms with Crippen molar-refractivity contribution in [3.63, 3.8) is 0 Å². The summed E-state index contributed by atoms with van der Waals surface area (Å²) in [6.45, 7) is 0. The molecule has 0 bridgehead atoms. The van der Waals surface area contributed by atoms with E-state index in [2.05, 4.69) is 211 Å². The summed E-state index contributed by atoms with van der Waals surface area (Å²) in [6, 6.07) is 75.5. The number of anilines is 3. The van der Waals surface area contributed by atoms with Gasteiger partial charge in [0.15, 0.2) is 0 Å². The Morgan fingerprint density at radius 1 is 0.450 bits per heavy atom. The number of rotatable bonds is 6. The zero-order valence-corrected chi connectivity index (χ0v) is 33.7. The van der Waals surface area contributed by atoms with Gasteiger partial charge in [-0.3, -0.25) is 0 Å². The second-order valence-corrected chi connectivity index (χ2v) is 17.0. The van der Waals surface area contributed by atoms with Gasteiger partial charge in [-0.25, -0.2) is 0 Å². The molecule has 0 unspecified atom stereocenters. The molecule has 2 heterocycles. The Kier molecular flexibility index (Phi) is 8.28. The molecule has 60 heavy (non-hydrogen) atoms. The lowest BCUT2D eigenvalue weighted by molar-refractivity contribution is 0.667. The molecule has 0 radical (unpaired) electrons. The van der Waals surface area contributed by atoms with Crippen LogP contribution >= 0.6 is 11.3 Å². The van der Waals surface area contributed by atoms with Crippen LogP contribution in [0, 0.1) is 0 Å². The fourth-order valence-electron chi connectivity index (χ4n) is 9.85. The molecule has 0 spiro atoms. The molecule has 2 aromatic heterocycles. The zero-order chi connectivity index (χ0) is 39.6. The van der Waals surface area contributed by atoms with Gasteiger partial charge in [-0.1, -0.05) is 152 Å². The molecule has 2 nitrogen and oxygen atoms in total. The molecule has 1 atom stereocenters. The zero-order valence-electron chi connectivity index (χ0n) is 32.9. The minimum Gasteiger partial charge on any atom is -0.456 e. The fourth-order valence-corrected chi connectivity index (χ4v) is 11.0. The predicted molar refractivity (Wildman–Crippen MR) is 254 cm³/mol. The van der Waals surface area contributed by atoms with Crippen molar-refractivity contribution in [2.24, 2.45) is 0 Å². The lowest BCUT2D eigenvalue weighted by Gasteiger charge is -2.27. The van der Waals surface area contributed by atoms with Crippen LogP contribution in [0.1, 0.15) is 29.0 Å². The van der Waals surface area contributed by atoms with E-state index in [-0.39, 0.29) is 5.92 Å². The first-order valence-corrected chi connectivity index (χ1v) is 21.7. The molecule has 1 aliphatic rings. The number of hydrogen-bond acceptors (Lipinski definition) is 3. The summed E-state index contributed by atoms with van der Waals surface area (Å²) in [4.78, 5) is 2.39. The first-order valence-electron chi connectivity index (χ1n) is 20.8. The molecule has 0 N–H and O–H groups in total. The molecule has 284 valence electrons. The van der Waals surface area contributed by atoms with Gasteiger partial charge in [0.2, 0.25) is 0 Å². The van der Waals surface area contributed by atoms with Gasteiger partial charge in [0.25, 0.3) is 0 Å². The van der Waals surface area contributed by atoms with Crippen LogP contribution in [0.4, 0.5) is 17.1 Å². The van der Waals surface area contributed by atoms with Crippen molar-refractivity contribution in [1.82, 2.24) is 0 Å². The number of furan rings is 1. The molecule has 12 rings (SSSR count). The third-order valence-corrected chi connectivity index (χ3v) is 13.6. The second kappa shape index (κ2) is 14.3. The van der Waals surface area contributed by atoms with Crippen molar-refractivity contribution in [2.45, 2.75) is 18.8 Å². The lowest BCUT2D eigenvalue weighted by Crippen LogP contribution is -2.10. The molecular formula is C57H39NOS. The van der Waals surface area contributed by atoms with E-state index in [4.69, 9.17) is 4.42 Å². The van der Waals surface area contributed by atoms with Crippen molar-refractivity contribution in [1.29, 1.82) is 0 Å². The molecule has 0 saturated carbocycles. The largest absolute Gasteiger partial charge is 0.456 e. The van der Waals surface area contributed by atoms with E-state index in [1.54, 1.807) is 0 Å². The summed E-state index contributed by atoms with van der Waals surface area (Å²) in [5, 5.41) is 4.96. The fraction of sp³-hybridized carbons (Fsp3) is 0.0526. The van der Waals surface area contributed by atoms with Gasteiger partial charge in [-0.15, -0.1) is 11.3 Å². The Morgan fingerprint density at radius 2 is 1.10 bits per heavy atom. The van der Waals surface area contributed by atoms with E-state index in [0.29, 0.717) is 0 Å². The summed E-state index contributed by atoms with van der Waals surface area (Å²) < 4.78 is 9.29. The van der Waals surface area contributed by atoms with Crippen LogP contribution in [0.25, 0.3) is 75.5 Å². The quantitative estimate of drug-likeness (QED) is 0.167. The van der Waals surface area contributed by atoms with Crippen LogP contribution in [0.5, 0.6) is 0 Å². The van der Waals surface area contributed by atoms with Crippen molar-refractivity contribution in [2.75, 3.05) is 4.90 Å². The normalized spacial score (nSPS) is 13.7. The van der Waals surface area contributed by atoms with Gasteiger partial charge < -0.3 is 9.32 Å². The van der Waals surface area contributed by atoms with Gasteiger partial charge in [-0.05, 0) is 112 Å². The summed E-state index contributed by atoms with van der Waals surface area (Å²) in [5.41, 5.74) is 16.9. The van der Waals surface area contributed by atoms with Gasteiger partial charge >= 0.3 is 0 Å². The average molecular weight is 786 g/mol. The summed E-state index contributed by atoms with van der Waals surface area (Å²) >= 11 is 1.86. The van der Waals surface area contributed by atoms with E-state index in [0.717, 1.165) is 46.5 Å². The minimum atomic E-state index is 0.178. The highest BCUT2D eigenvalue weighted by Crippen LogP contribution is 2.53. The average Bonchev–Trinajstić information content (AvgIpc) is 3.82. The number of thiophene rings is 1. The Hall–Kier alpha value is -7.20. The van der Waals surface area contributed by atoms with Gasteiger partial charge in [0.05, 0.1) is 0 Å². The number of nitrogens with zero attached hydrogens (tertiary/aromatic N) is 1. The molecule has 1 aliphatic carbocycles. The van der Waals surface area contributed by atoms with E-state index >= 15 is 0 Å². The highest BCUT2D eigenvalue weighted by molar-refractivity contribution is 7.25. The van der Waals surface area contributed by atoms with Gasteiger partial charge in [-0.2, -0.15) is 0 Å². The maximum absolute atomic E-state index is 6.68. The van der Waals surface area contributed by atoms with Crippen LogP contribution in [0.2, 0.25) is 0 Å². The first kappa shape index (κ1) is 34.8. The van der Waals surface area contributed by atoms with Crippen LogP contribution in [-0.2, 0) is 6.42 Å². The van der Waals surface area contributed by atoms with E-state index in [9.17, 15) is 0 Å². The standard InChI is InChI=1S/C57H39NOS/c1-4-15-37(16-5-1)45-23-14-24-48-44(33-29-40-35-51-57(49-22-10-12-25-50(49)59-51)54(55(40)56(45)48)39-17-6-2-7-18-39)38-27-30-42(31-28-38)58(41-19-8-3-9-20-41)43-32-34-47-46-21-11-13-26-52(46)60-53(47)36-43/h1-28,30-32,34-36,44H,29,33H2/t44-/m1/s1. The smallest absolute Gasteiger partial charge is 0.136 e. The first-order chi connectivity index (χ1) is 29.8. The summed E-state index contributed by atoms with van der Waals surface area (Å²) in [6.07, 6.45) is 1.89. The van der Waals surface area contributed by atoms with E-state index in [1.165, 1.54) is 75.6 Å². The molecule has 0 aliphatic heterocycles. The predicted octanol–water partition coefficient (Wildman–Crippen LogP) is 16.5. The summed E-state index contributed by atoms with van der Waals surface area (Å²) in [7, 11) is 0. The topological polar surface area (TPSA) is 16.4 Å². The molecule has 3 heteroatoms.